The lowest BCUT2D eigenvalue weighted by Gasteiger charge is -2.08. The molecule has 0 saturated heterocycles. The van der Waals surface area contributed by atoms with E-state index in [-0.39, 0.29) is 11.9 Å². The van der Waals surface area contributed by atoms with Crippen molar-refractivity contribution < 1.29 is 4.39 Å². The van der Waals surface area contributed by atoms with Gasteiger partial charge in [0, 0.05) is 6.20 Å². The minimum absolute atomic E-state index is 0.140. The molecular formula is C12H15FN4S. The fraction of sp³-hybridized carbons (Fsp3) is 0.417. The molecule has 0 spiro atoms. The Kier molecular flexibility index (Phi) is 4.33. The molecule has 1 unspecified atom stereocenters. The second-order valence-electron chi connectivity index (χ2n) is 3.98. The van der Waals surface area contributed by atoms with E-state index in [9.17, 15) is 4.39 Å². The zero-order valence-electron chi connectivity index (χ0n) is 10.4. The monoisotopic (exact) mass is 266 g/mol. The van der Waals surface area contributed by atoms with E-state index in [0.29, 0.717) is 10.6 Å². The Morgan fingerprint density at radius 2 is 2.28 bits per heavy atom. The van der Waals surface area contributed by atoms with Crippen LogP contribution in [-0.4, -0.2) is 21.7 Å². The van der Waals surface area contributed by atoms with Crippen molar-refractivity contribution in [3.63, 3.8) is 0 Å². The third kappa shape index (κ3) is 2.88. The van der Waals surface area contributed by atoms with Crippen LogP contribution >= 0.6 is 11.3 Å². The van der Waals surface area contributed by atoms with Gasteiger partial charge in [-0.3, -0.25) is 4.98 Å². The van der Waals surface area contributed by atoms with E-state index in [1.807, 2.05) is 6.92 Å². The highest BCUT2D eigenvalue weighted by Crippen LogP contribution is 2.27. The Morgan fingerprint density at radius 3 is 3.00 bits per heavy atom. The molecule has 0 aliphatic rings. The molecule has 2 aromatic rings. The van der Waals surface area contributed by atoms with Gasteiger partial charge in [0.05, 0.1) is 17.8 Å². The molecule has 2 aromatic heterocycles. The maximum absolute atomic E-state index is 13.5. The molecule has 2 rings (SSSR count). The van der Waals surface area contributed by atoms with E-state index < -0.39 is 0 Å². The van der Waals surface area contributed by atoms with Crippen molar-refractivity contribution in [3.8, 4) is 10.6 Å². The Hall–Kier alpha value is -1.40. The van der Waals surface area contributed by atoms with Gasteiger partial charge in [0.1, 0.15) is 5.01 Å². The zero-order valence-corrected chi connectivity index (χ0v) is 11.2. The van der Waals surface area contributed by atoms with Crippen LogP contribution in [-0.2, 0) is 0 Å². The first-order chi connectivity index (χ1) is 8.72. The van der Waals surface area contributed by atoms with Gasteiger partial charge in [0.15, 0.2) is 10.8 Å². The summed E-state index contributed by atoms with van der Waals surface area (Å²) in [4.78, 5) is 3.72. The SMILES string of the molecule is CCCNC(C)c1nnc(-c2ccncc2F)s1. The van der Waals surface area contributed by atoms with Crippen molar-refractivity contribution in [2.45, 2.75) is 26.3 Å². The molecule has 96 valence electrons. The van der Waals surface area contributed by atoms with E-state index in [1.165, 1.54) is 17.5 Å². The van der Waals surface area contributed by atoms with Crippen LogP contribution in [0.1, 0.15) is 31.3 Å². The highest BCUT2D eigenvalue weighted by Gasteiger charge is 2.14. The summed E-state index contributed by atoms with van der Waals surface area (Å²) in [5.41, 5.74) is 0.455. The zero-order chi connectivity index (χ0) is 13.0. The minimum Gasteiger partial charge on any atom is -0.308 e. The molecule has 1 N–H and O–H groups in total. The molecule has 0 amide bonds. The van der Waals surface area contributed by atoms with Crippen molar-refractivity contribution in [2.75, 3.05) is 6.54 Å². The van der Waals surface area contributed by atoms with Crippen LogP contribution in [0.25, 0.3) is 10.6 Å². The van der Waals surface area contributed by atoms with Gasteiger partial charge < -0.3 is 5.32 Å². The summed E-state index contributed by atoms with van der Waals surface area (Å²) in [6.45, 7) is 5.07. The van der Waals surface area contributed by atoms with Gasteiger partial charge in [0.25, 0.3) is 0 Å². The molecule has 0 bridgehead atoms. The Labute approximate surface area is 109 Å². The number of pyridine rings is 1. The Balaban J connectivity index is 2.18. The number of rotatable bonds is 5. The fourth-order valence-corrected chi connectivity index (χ4v) is 2.41. The third-order valence-electron chi connectivity index (χ3n) is 2.51. The van der Waals surface area contributed by atoms with Crippen molar-refractivity contribution in [3.05, 3.63) is 29.3 Å². The summed E-state index contributed by atoms with van der Waals surface area (Å²) in [6, 6.07) is 1.75. The molecule has 1 atom stereocenters. The smallest absolute Gasteiger partial charge is 0.151 e. The molecule has 4 nitrogen and oxygen atoms in total. The van der Waals surface area contributed by atoms with Gasteiger partial charge in [-0.25, -0.2) is 4.39 Å². The van der Waals surface area contributed by atoms with Crippen molar-refractivity contribution in [2.24, 2.45) is 0 Å². The van der Waals surface area contributed by atoms with Crippen molar-refractivity contribution in [1.29, 1.82) is 0 Å². The second kappa shape index (κ2) is 5.97. The topological polar surface area (TPSA) is 50.7 Å². The Morgan fingerprint density at radius 1 is 1.44 bits per heavy atom. The lowest BCUT2D eigenvalue weighted by molar-refractivity contribution is 0.564. The minimum atomic E-state index is -0.366. The van der Waals surface area contributed by atoms with Crippen LogP contribution in [0.15, 0.2) is 18.5 Å². The molecule has 2 heterocycles. The number of hydrogen-bond donors (Lipinski definition) is 1. The van der Waals surface area contributed by atoms with Gasteiger partial charge in [-0.2, -0.15) is 0 Å². The highest BCUT2D eigenvalue weighted by atomic mass is 32.1. The first kappa shape index (κ1) is 13.0. The van der Waals surface area contributed by atoms with E-state index in [1.54, 1.807) is 12.3 Å². The van der Waals surface area contributed by atoms with E-state index >= 15 is 0 Å². The number of halogens is 1. The summed E-state index contributed by atoms with van der Waals surface area (Å²) in [7, 11) is 0. The van der Waals surface area contributed by atoms with Crippen molar-refractivity contribution in [1.82, 2.24) is 20.5 Å². The Bertz CT molecular complexity index is 514. The van der Waals surface area contributed by atoms with Gasteiger partial charge in [-0.05, 0) is 26.0 Å². The average Bonchev–Trinajstić information content (AvgIpc) is 2.86. The van der Waals surface area contributed by atoms with Crippen molar-refractivity contribution >= 4 is 11.3 Å². The van der Waals surface area contributed by atoms with Crippen LogP contribution in [0, 0.1) is 5.82 Å². The maximum Gasteiger partial charge on any atom is 0.151 e. The predicted octanol–water partition coefficient (Wildman–Crippen LogP) is 2.80. The molecule has 0 radical (unpaired) electrons. The molecule has 6 heteroatoms. The summed E-state index contributed by atoms with van der Waals surface area (Å²) in [6.07, 6.45) is 3.81. The third-order valence-corrected chi connectivity index (χ3v) is 3.65. The summed E-state index contributed by atoms with van der Waals surface area (Å²) < 4.78 is 13.5. The summed E-state index contributed by atoms with van der Waals surface area (Å²) in [5, 5.41) is 12.9. The van der Waals surface area contributed by atoms with Crippen LogP contribution in [0.4, 0.5) is 4.39 Å². The normalized spacial score (nSPS) is 12.6. The second-order valence-corrected chi connectivity index (χ2v) is 4.99. The quantitative estimate of drug-likeness (QED) is 0.904. The molecule has 18 heavy (non-hydrogen) atoms. The molecule has 0 aliphatic heterocycles. The predicted molar refractivity (Wildman–Crippen MR) is 69.8 cm³/mol. The average molecular weight is 266 g/mol. The van der Waals surface area contributed by atoms with Gasteiger partial charge in [0.2, 0.25) is 0 Å². The van der Waals surface area contributed by atoms with Gasteiger partial charge >= 0.3 is 0 Å². The number of nitrogens with one attached hydrogen (secondary N) is 1. The fourth-order valence-electron chi connectivity index (χ4n) is 1.52. The number of aromatic nitrogens is 3. The molecule has 0 saturated carbocycles. The summed E-state index contributed by atoms with van der Waals surface area (Å²) in [5.74, 6) is -0.366. The molecule has 0 fully saturated rings. The largest absolute Gasteiger partial charge is 0.308 e. The number of nitrogens with zero attached hydrogens (tertiary/aromatic N) is 3. The molecule has 0 aromatic carbocycles. The first-order valence-electron chi connectivity index (χ1n) is 5.89. The first-order valence-corrected chi connectivity index (χ1v) is 6.70. The lowest BCUT2D eigenvalue weighted by atomic mass is 10.3. The molecular weight excluding hydrogens is 251 g/mol. The number of hydrogen-bond acceptors (Lipinski definition) is 5. The van der Waals surface area contributed by atoms with E-state index in [4.69, 9.17) is 0 Å². The lowest BCUT2D eigenvalue weighted by Crippen LogP contribution is -2.18. The van der Waals surface area contributed by atoms with Gasteiger partial charge in [-0.1, -0.05) is 18.3 Å². The highest BCUT2D eigenvalue weighted by molar-refractivity contribution is 7.14. The standard InChI is InChI=1S/C12H15FN4S/c1-3-5-15-8(2)11-16-17-12(18-11)9-4-6-14-7-10(9)13/h4,6-8,15H,3,5H2,1-2H3. The summed E-state index contributed by atoms with van der Waals surface area (Å²) >= 11 is 1.41. The van der Waals surface area contributed by atoms with Crippen LogP contribution < -0.4 is 5.32 Å². The molecule has 0 aliphatic carbocycles. The van der Waals surface area contributed by atoms with Crippen LogP contribution in [0.3, 0.4) is 0 Å². The van der Waals surface area contributed by atoms with Gasteiger partial charge in [-0.15, -0.1) is 10.2 Å². The van der Waals surface area contributed by atoms with Crippen LogP contribution in [0.2, 0.25) is 0 Å². The van der Waals surface area contributed by atoms with Crippen LogP contribution in [0.5, 0.6) is 0 Å². The maximum atomic E-state index is 13.5. The van der Waals surface area contributed by atoms with E-state index in [0.717, 1.165) is 18.0 Å². The van der Waals surface area contributed by atoms with E-state index in [2.05, 4.69) is 27.4 Å².